The lowest BCUT2D eigenvalue weighted by Gasteiger charge is -2.34. The Labute approximate surface area is 174 Å². The van der Waals surface area contributed by atoms with Crippen LogP contribution in [0.1, 0.15) is 43.5 Å². The average molecular weight is 421 g/mol. The molecule has 10 nitrogen and oxygen atoms in total. The van der Waals surface area contributed by atoms with Crippen molar-refractivity contribution >= 4 is 23.5 Å². The van der Waals surface area contributed by atoms with Crippen LogP contribution in [-0.2, 0) is 14.3 Å². The Morgan fingerprint density at radius 3 is 2.63 bits per heavy atom. The molecule has 0 saturated heterocycles. The second-order valence-electron chi connectivity index (χ2n) is 7.43. The predicted molar refractivity (Wildman–Crippen MR) is 107 cm³/mol. The van der Waals surface area contributed by atoms with E-state index in [0.717, 1.165) is 25.3 Å². The number of carbonyl (C=O) groups is 3. The third-order valence-corrected chi connectivity index (χ3v) is 5.45. The maximum atomic E-state index is 12.1. The fourth-order valence-electron chi connectivity index (χ4n) is 3.46. The molecular formula is C20H27N3O7. The minimum Gasteiger partial charge on any atom is -0.490 e. The Bertz CT molecular complexity index is 812. The van der Waals surface area contributed by atoms with Crippen LogP contribution in [0.2, 0.25) is 0 Å². The third kappa shape index (κ3) is 6.16. The number of nitro groups is 1. The lowest BCUT2D eigenvalue weighted by atomic mass is 9.78. The molecule has 0 aliphatic heterocycles. The van der Waals surface area contributed by atoms with E-state index in [4.69, 9.17) is 9.47 Å². The molecule has 1 aromatic carbocycles. The van der Waals surface area contributed by atoms with Gasteiger partial charge < -0.3 is 20.1 Å². The standard InChI is InChI=1S/C20H27N3O7/c1-12-5-4-6-15(13(12)2)22-18(24)11-30-19(25)10-21-20(26)14-7-8-17(29-3)16(9-14)23(27)28/h7-9,12-13,15H,4-6,10-11H2,1-3H3,(H,21,26)(H,22,24)/t12-,13+,15+/m0/s1. The van der Waals surface area contributed by atoms with Gasteiger partial charge in [-0.3, -0.25) is 24.5 Å². The number of nitro benzene ring substituents is 1. The summed E-state index contributed by atoms with van der Waals surface area (Å²) >= 11 is 0. The van der Waals surface area contributed by atoms with Crippen molar-refractivity contribution in [3.05, 3.63) is 33.9 Å². The number of esters is 1. The van der Waals surface area contributed by atoms with Gasteiger partial charge in [0.05, 0.1) is 12.0 Å². The van der Waals surface area contributed by atoms with E-state index in [1.807, 2.05) is 0 Å². The molecule has 3 atom stereocenters. The molecule has 0 aromatic heterocycles. The summed E-state index contributed by atoms with van der Waals surface area (Å²) in [6.07, 6.45) is 3.08. The minimum absolute atomic E-state index is 0.00607. The molecule has 2 rings (SSSR count). The summed E-state index contributed by atoms with van der Waals surface area (Å²) in [5, 5.41) is 16.2. The normalized spacial score (nSPS) is 20.7. The molecule has 0 heterocycles. The van der Waals surface area contributed by atoms with Crippen molar-refractivity contribution in [3.63, 3.8) is 0 Å². The molecule has 0 spiro atoms. The monoisotopic (exact) mass is 421 g/mol. The second kappa shape index (κ2) is 10.6. The SMILES string of the molecule is COc1ccc(C(=O)NCC(=O)OCC(=O)N[C@@H]2CCC[C@H](C)[C@H]2C)cc1[N+](=O)[O-]. The smallest absolute Gasteiger partial charge is 0.325 e. The second-order valence-corrected chi connectivity index (χ2v) is 7.43. The fraction of sp³-hybridized carbons (Fsp3) is 0.550. The van der Waals surface area contributed by atoms with E-state index < -0.39 is 30.0 Å². The number of ether oxygens (including phenoxy) is 2. The van der Waals surface area contributed by atoms with Crippen LogP contribution in [0.4, 0.5) is 5.69 Å². The summed E-state index contributed by atoms with van der Waals surface area (Å²) in [7, 11) is 1.28. The first-order valence-corrected chi connectivity index (χ1v) is 9.78. The lowest BCUT2D eigenvalue weighted by molar-refractivity contribution is -0.385. The van der Waals surface area contributed by atoms with Crippen LogP contribution < -0.4 is 15.4 Å². The van der Waals surface area contributed by atoms with Gasteiger partial charge in [0, 0.05) is 17.7 Å². The molecular weight excluding hydrogens is 394 g/mol. The highest BCUT2D eigenvalue weighted by Gasteiger charge is 2.28. The van der Waals surface area contributed by atoms with Crippen molar-refractivity contribution in [1.82, 2.24) is 10.6 Å². The van der Waals surface area contributed by atoms with E-state index >= 15 is 0 Å². The fourth-order valence-corrected chi connectivity index (χ4v) is 3.46. The Morgan fingerprint density at radius 2 is 1.97 bits per heavy atom. The molecule has 2 N–H and O–H groups in total. The van der Waals surface area contributed by atoms with Crippen LogP contribution in [0, 0.1) is 22.0 Å². The largest absolute Gasteiger partial charge is 0.490 e. The summed E-state index contributed by atoms with van der Waals surface area (Å²) in [6, 6.07) is 3.75. The van der Waals surface area contributed by atoms with Crippen LogP contribution in [0.5, 0.6) is 5.75 Å². The maximum absolute atomic E-state index is 12.1. The highest BCUT2D eigenvalue weighted by Crippen LogP contribution is 2.29. The van der Waals surface area contributed by atoms with Crippen molar-refractivity contribution in [1.29, 1.82) is 0 Å². The summed E-state index contributed by atoms with van der Waals surface area (Å²) in [4.78, 5) is 46.4. The van der Waals surface area contributed by atoms with E-state index in [-0.39, 0.29) is 28.9 Å². The van der Waals surface area contributed by atoms with Crippen molar-refractivity contribution < 1.29 is 28.8 Å². The number of methoxy groups -OCH3 is 1. The van der Waals surface area contributed by atoms with Crippen LogP contribution >= 0.6 is 0 Å². The summed E-state index contributed by atoms with van der Waals surface area (Å²) < 4.78 is 9.77. The van der Waals surface area contributed by atoms with Crippen molar-refractivity contribution in [2.24, 2.45) is 11.8 Å². The maximum Gasteiger partial charge on any atom is 0.325 e. The molecule has 1 aliphatic carbocycles. The van der Waals surface area contributed by atoms with Gasteiger partial charge in [-0.15, -0.1) is 0 Å². The van der Waals surface area contributed by atoms with Gasteiger partial charge in [0.1, 0.15) is 6.54 Å². The molecule has 1 aliphatic rings. The van der Waals surface area contributed by atoms with Crippen LogP contribution in [0.3, 0.4) is 0 Å². The Balaban J connectivity index is 1.79. The number of nitrogens with one attached hydrogen (secondary N) is 2. The summed E-state index contributed by atoms with van der Waals surface area (Å²) in [5.41, 5.74) is -0.371. The van der Waals surface area contributed by atoms with Gasteiger partial charge in [-0.2, -0.15) is 0 Å². The topological polar surface area (TPSA) is 137 Å². The molecule has 0 bridgehead atoms. The molecule has 30 heavy (non-hydrogen) atoms. The molecule has 2 amide bonds. The number of carbonyl (C=O) groups excluding carboxylic acids is 3. The zero-order valence-electron chi connectivity index (χ0n) is 17.3. The number of amides is 2. The van der Waals surface area contributed by atoms with Crippen LogP contribution in [-0.4, -0.2) is 49.0 Å². The van der Waals surface area contributed by atoms with Gasteiger partial charge in [-0.25, -0.2) is 0 Å². The van der Waals surface area contributed by atoms with E-state index in [2.05, 4.69) is 24.5 Å². The first kappa shape index (κ1) is 23.1. The van der Waals surface area contributed by atoms with Crippen molar-refractivity contribution in [3.8, 4) is 5.75 Å². The van der Waals surface area contributed by atoms with E-state index in [0.29, 0.717) is 11.8 Å². The Morgan fingerprint density at radius 1 is 1.23 bits per heavy atom. The molecule has 10 heteroatoms. The number of hydrogen-bond acceptors (Lipinski definition) is 7. The highest BCUT2D eigenvalue weighted by molar-refractivity contribution is 5.97. The number of nitrogens with zero attached hydrogens (tertiary/aromatic N) is 1. The third-order valence-electron chi connectivity index (χ3n) is 5.45. The predicted octanol–water partition coefficient (Wildman–Crippen LogP) is 1.82. The summed E-state index contributed by atoms with van der Waals surface area (Å²) in [6.45, 7) is 3.35. The zero-order valence-corrected chi connectivity index (χ0v) is 17.3. The lowest BCUT2D eigenvalue weighted by Crippen LogP contribution is -2.45. The number of hydrogen-bond donors (Lipinski definition) is 2. The van der Waals surface area contributed by atoms with Crippen LogP contribution in [0.25, 0.3) is 0 Å². The molecule has 0 unspecified atom stereocenters. The average Bonchev–Trinajstić information content (AvgIpc) is 2.73. The van der Waals surface area contributed by atoms with Crippen molar-refractivity contribution in [2.75, 3.05) is 20.3 Å². The van der Waals surface area contributed by atoms with Gasteiger partial charge in [0.25, 0.3) is 11.8 Å². The van der Waals surface area contributed by atoms with Crippen molar-refractivity contribution in [2.45, 2.75) is 39.2 Å². The molecule has 1 fully saturated rings. The van der Waals surface area contributed by atoms with E-state index in [1.54, 1.807) is 0 Å². The van der Waals surface area contributed by atoms with Gasteiger partial charge in [0.15, 0.2) is 12.4 Å². The molecule has 1 aromatic rings. The molecule has 164 valence electrons. The van der Waals surface area contributed by atoms with Gasteiger partial charge in [0.2, 0.25) is 0 Å². The Kier molecular flexibility index (Phi) is 8.14. The van der Waals surface area contributed by atoms with Crippen LogP contribution in [0.15, 0.2) is 18.2 Å². The minimum atomic E-state index is -0.786. The first-order valence-electron chi connectivity index (χ1n) is 9.78. The van der Waals surface area contributed by atoms with Gasteiger partial charge in [-0.05, 0) is 30.4 Å². The quantitative estimate of drug-likeness (QED) is 0.371. The Hall–Kier alpha value is -3.17. The highest BCUT2D eigenvalue weighted by atomic mass is 16.6. The first-order chi connectivity index (χ1) is 14.2. The number of benzene rings is 1. The molecule has 0 radical (unpaired) electrons. The van der Waals surface area contributed by atoms with E-state index in [9.17, 15) is 24.5 Å². The number of rotatable bonds is 8. The summed E-state index contributed by atoms with van der Waals surface area (Å²) in [5.74, 6) is -0.962. The molecule has 1 saturated carbocycles. The zero-order chi connectivity index (χ0) is 22.3. The van der Waals surface area contributed by atoms with Gasteiger partial charge >= 0.3 is 11.7 Å². The van der Waals surface area contributed by atoms with Gasteiger partial charge in [-0.1, -0.05) is 26.7 Å². The van der Waals surface area contributed by atoms with E-state index in [1.165, 1.54) is 19.2 Å².